The van der Waals surface area contributed by atoms with Gasteiger partial charge < -0.3 is 24.8 Å². The van der Waals surface area contributed by atoms with Gasteiger partial charge in [0, 0.05) is 0 Å². The number of hydrogen-bond acceptors (Lipinski definition) is 0. The summed E-state index contributed by atoms with van der Waals surface area (Å²) in [5.74, 6) is 0. The molecule has 0 saturated carbocycles. The standard InChI is InChI=1S/2C21H14N.2ClH.Zr/c2*1-2-9-16(10-3-1)22-20-13-7-6-12-18(20)19-14-15-8-4-5-11-17(15)21(19)22;;;/h2*1-11,13H,14H2;2*1H;/q;;;;+2/p-2. The number of hydrogen-bond donors (Lipinski definition) is 0. The normalized spacial score (nSPS) is 12.1. The van der Waals surface area contributed by atoms with Crippen molar-refractivity contribution in [2.24, 2.45) is 0 Å². The third-order valence-corrected chi connectivity index (χ3v) is 13.1. The van der Waals surface area contributed by atoms with Crippen LogP contribution in [0.5, 0.6) is 0 Å². The van der Waals surface area contributed by atoms with Crippen LogP contribution in [0, 0.1) is 0 Å². The molecule has 0 N–H and O–H groups in total. The molecule has 2 aromatic heterocycles. The van der Waals surface area contributed by atoms with Crippen LogP contribution in [0.1, 0.15) is 22.3 Å². The average Bonchev–Trinajstić information content (AvgIpc) is 3.82. The van der Waals surface area contributed by atoms with Crippen LogP contribution < -0.4 is 31.4 Å². The number of para-hydroxylation sites is 2. The van der Waals surface area contributed by atoms with Gasteiger partial charge in [-0.3, -0.25) is 0 Å². The van der Waals surface area contributed by atoms with Gasteiger partial charge in [-0.2, -0.15) is 0 Å². The van der Waals surface area contributed by atoms with Crippen LogP contribution in [0.25, 0.3) is 55.7 Å². The Bertz CT molecular complexity index is 2290. The summed E-state index contributed by atoms with van der Waals surface area (Å²) in [5.41, 5.74) is 16.5. The summed E-state index contributed by atoms with van der Waals surface area (Å²) in [5, 5.41) is 2.97. The van der Waals surface area contributed by atoms with Gasteiger partial charge in [0.2, 0.25) is 0 Å². The number of aromatic nitrogens is 2. The molecule has 0 amide bonds. The Balaban J connectivity index is 0.00000162. The van der Waals surface area contributed by atoms with E-state index in [2.05, 4.69) is 155 Å². The molecule has 2 heterocycles. The van der Waals surface area contributed by atoms with Crippen molar-refractivity contribution in [3.8, 4) is 33.9 Å². The monoisotopic (exact) mass is 720 g/mol. The van der Waals surface area contributed by atoms with E-state index in [9.17, 15) is 0 Å². The van der Waals surface area contributed by atoms with Gasteiger partial charge in [0.25, 0.3) is 0 Å². The van der Waals surface area contributed by atoms with Gasteiger partial charge in [-0.25, -0.2) is 0 Å². The maximum atomic E-state index is 2.53. The van der Waals surface area contributed by atoms with Crippen molar-refractivity contribution in [1.82, 2.24) is 9.13 Å². The van der Waals surface area contributed by atoms with Crippen LogP contribution in [-0.2, 0) is 36.1 Å². The fraction of sp³-hybridized carbons (Fsp3) is 0.0476. The summed E-state index contributed by atoms with van der Waals surface area (Å²) < 4.78 is 8.19. The summed E-state index contributed by atoms with van der Waals surface area (Å²) in [6.45, 7) is 0. The quantitative estimate of drug-likeness (QED) is 0.265. The minimum atomic E-state index is -1.23. The Morgan fingerprint density at radius 1 is 0.404 bits per heavy atom. The Hall–Kier alpha value is -4.14. The van der Waals surface area contributed by atoms with E-state index in [1.165, 1.54) is 77.9 Å². The Kier molecular flexibility index (Phi) is 7.61. The molecule has 5 heteroatoms. The molecule has 6 aromatic carbocycles. The van der Waals surface area contributed by atoms with Crippen molar-refractivity contribution >= 4 is 28.3 Å². The number of halogens is 2. The summed E-state index contributed by atoms with van der Waals surface area (Å²) >= 11 is -1.23. The van der Waals surface area contributed by atoms with Gasteiger partial charge in [-0.1, -0.05) is 0 Å². The van der Waals surface area contributed by atoms with Gasteiger partial charge in [0.1, 0.15) is 0 Å². The average molecular weight is 723 g/mol. The first-order chi connectivity index (χ1) is 22.3. The zero-order valence-electron chi connectivity index (χ0n) is 25.4. The molecular formula is C42H28Cl2N2Zr. The predicted octanol–water partition coefficient (Wildman–Crippen LogP) is 2.76. The van der Waals surface area contributed by atoms with Crippen molar-refractivity contribution in [3.05, 3.63) is 168 Å². The topological polar surface area (TPSA) is 9.86 Å². The molecule has 2 aliphatic rings. The number of rotatable bonds is 4. The van der Waals surface area contributed by atoms with E-state index in [4.69, 9.17) is 0 Å². The van der Waals surface area contributed by atoms with Crippen LogP contribution in [0.4, 0.5) is 0 Å². The number of nitrogens with zero attached hydrogens (tertiary/aromatic N) is 2. The molecule has 0 aliphatic heterocycles. The van der Waals surface area contributed by atoms with Crippen molar-refractivity contribution < 1.29 is 48.0 Å². The third kappa shape index (κ3) is 4.48. The molecule has 8 aromatic rings. The number of fused-ring (bicyclic) bond motifs is 10. The van der Waals surface area contributed by atoms with Crippen molar-refractivity contribution in [2.75, 3.05) is 0 Å². The Labute approximate surface area is 298 Å². The molecule has 2 aliphatic carbocycles. The molecule has 0 spiro atoms. The van der Waals surface area contributed by atoms with Crippen LogP contribution in [0.2, 0.25) is 0 Å². The van der Waals surface area contributed by atoms with E-state index in [1.807, 2.05) is 0 Å². The Morgan fingerprint density at radius 2 is 0.809 bits per heavy atom. The minimum absolute atomic E-state index is 0. The zero-order valence-corrected chi connectivity index (χ0v) is 29.4. The van der Waals surface area contributed by atoms with E-state index < -0.39 is 23.2 Å². The van der Waals surface area contributed by atoms with Crippen LogP contribution in [0.3, 0.4) is 0 Å². The van der Waals surface area contributed by atoms with Gasteiger partial charge in [0.15, 0.2) is 0 Å². The van der Waals surface area contributed by atoms with Crippen molar-refractivity contribution in [1.29, 1.82) is 0 Å². The van der Waals surface area contributed by atoms with Gasteiger partial charge >= 0.3 is 275 Å². The molecular weight excluding hydrogens is 695 g/mol. The van der Waals surface area contributed by atoms with Crippen LogP contribution >= 0.6 is 0 Å². The summed E-state index contributed by atoms with van der Waals surface area (Å²) in [6.07, 6.45) is 2.00. The third-order valence-electron chi connectivity index (χ3n) is 9.77. The first-order valence-corrected chi connectivity index (χ1v) is 18.2. The van der Waals surface area contributed by atoms with E-state index in [-0.39, 0.29) is 24.8 Å². The van der Waals surface area contributed by atoms with Crippen molar-refractivity contribution in [3.63, 3.8) is 0 Å². The molecule has 0 fully saturated rings. The summed E-state index contributed by atoms with van der Waals surface area (Å²) in [7, 11) is 0. The fourth-order valence-electron chi connectivity index (χ4n) is 7.98. The summed E-state index contributed by atoms with van der Waals surface area (Å²) in [4.78, 5) is 0. The van der Waals surface area contributed by atoms with E-state index >= 15 is 0 Å². The molecule has 224 valence electrons. The summed E-state index contributed by atoms with van der Waals surface area (Å²) in [6, 6.07) is 54.0. The molecule has 2 nitrogen and oxygen atoms in total. The first kappa shape index (κ1) is 30.2. The number of benzene rings is 6. The van der Waals surface area contributed by atoms with E-state index in [1.54, 1.807) is 6.54 Å². The van der Waals surface area contributed by atoms with Gasteiger partial charge in [0.05, 0.1) is 0 Å². The predicted molar refractivity (Wildman–Crippen MR) is 182 cm³/mol. The maximum absolute atomic E-state index is 2.53. The second kappa shape index (κ2) is 11.8. The fourth-order valence-corrected chi connectivity index (χ4v) is 11.6. The first-order valence-electron chi connectivity index (χ1n) is 15.7. The molecule has 10 rings (SSSR count). The van der Waals surface area contributed by atoms with Gasteiger partial charge in [-0.15, -0.1) is 0 Å². The zero-order chi connectivity index (χ0) is 29.5. The van der Waals surface area contributed by atoms with Crippen LogP contribution in [-0.4, -0.2) is 9.13 Å². The molecule has 0 atom stereocenters. The Morgan fingerprint density at radius 3 is 1.26 bits per heavy atom. The second-order valence-electron chi connectivity index (χ2n) is 12.2. The SMILES string of the molecule is [Cl-].[Cl-].c1ccc(-n2c3c(c4[c]([Zr+2][c]5cccc6c5c5c(n6-c6ccccc6)-c6ccccc6C5)cccc42)Cc2ccccc2-3)cc1. The van der Waals surface area contributed by atoms with Crippen LogP contribution in [0.15, 0.2) is 146 Å². The second-order valence-corrected chi connectivity index (χ2v) is 15.5. The molecule has 0 radical (unpaired) electrons. The van der Waals surface area contributed by atoms with E-state index in [0.29, 0.717) is 0 Å². The van der Waals surface area contributed by atoms with Gasteiger partial charge in [-0.05, 0) is 0 Å². The van der Waals surface area contributed by atoms with Crippen molar-refractivity contribution in [2.45, 2.75) is 12.8 Å². The van der Waals surface area contributed by atoms with E-state index in [0.717, 1.165) is 12.8 Å². The molecule has 47 heavy (non-hydrogen) atoms. The molecule has 0 unspecified atom stereocenters. The molecule has 0 bridgehead atoms. The molecule has 0 saturated heterocycles.